The number of para-hydroxylation sites is 1. The fraction of sp³-hybridized carbons (Fsp3) is 0. The van der Waals surface area contributed by atoms with Crippen molar-refractivity contribution in [3.63, 3.8) is 0 Å². The minimum Gasteiger partial charge on any atom is -0.478 e. The molecule has 0 saturated carbocycles. The molecule has 0 radical (unpaired) electrons. The maximum absolute atomic E-state index is 10.9. The molecule has 0 saturated heterocycles. The minimum absolute atomic E-state index is 0.00880. The fourth-order valence-electron chi connectivity index (χ4n) is 1.32. The van der Waals surface area contributed by atoms with Crippen LogP contribution in [0.1, 0.15) is 10.4 Å². The molecule has 1 aromatic carbocycles. The van der Waals surface area contributed by atoms with Crippen molar-refractivity contribution in [1.29, 1.82) is 0 Å². The van der Waals surface area contributed by atoms with Gasteiger partial charge < -0.3 is 20.0 Å². The number of aromatic amines is 1. The van der Waals surface area contributed by atoms with Crippen molar-refractivity contribution in [3.05, 3.63) is 46.1 Å². The second kappa shape index (κ2) is 4.53. The van der Waals surface area contributed by atoms with Crippen molar-refractivity contribution < 1.29 is 19.6 Å². The van der Waals surface area contributed by atoms with Gasteiger partial charge in [0.2, 0.25) is 5.75 Å². The Bertz CT molecular complexity index is 607. The summed E-state index contributed by atoms with van der Waals surface area (Å²) in [4.78, 5) is 20.9. The molecule has 0 amide bonds. The maximum atomic E-state index is 10.9. The number of aromatic nitrogens is 2. The number of nitro groups is 1. The first-order chi connectivity index (χ1) is 8.59. The van der Waals surface area contributed by atoms with Gasteiger partial charge in [0, 0.05) is 0 Å². The predicted octanol–water partition coefficient (Wildman–Crippen LogP) is 1.81. The highest BCUT2D eigenvalue weighted by molar-refractivity contribution is 5.90. The molecule has 92 valence electrons. The van der Waals surface area contributed by atoms with Gasteiger partial charge >= 0.3 is 11.8 Å². The summed E-state index contributed by atoms with van der Waals surface area (Å²) in [5.74, 6) is -1.75. The van der Waals surface area contributed by atoms with Gasteiger partial charge in [0.15, 0.2) is 0 Å². The molecule has 0 unspecified atom stereocenters. The van der Waals surface area contributed by atoms with Gasteiger partial charge in [-0.25, -0.2) is 4.79 Å². The number of nitrogens with one attached hydrogen (secondary N) is 1. The van der Waals surface area contributed by atoms with E-state index in [1.165, 1.54) is 18.2 Å². The number of carboxylic acid groups (broad SMARTS) is 1. The largest absolute Gasteiger partial charge is 0.478 e. The van der Waals surface area contributed by atoms with Crippen LogP contribution in [-0.4, -0.2) is 26.2 Å². The van der Waals surface area contributed by atoms with Gasteiger partial charge in [0.25, 0.3) is 0 Å². The Balaban J connectivity index is 2.37. The van der Waals surface area contributed by atoms with Crippen LogP contribution in [-0.2, 0) is 0 Å². The van der Waals surface area contributed by atoms with E-state index in [-0.39, 0.29) is 17.1 Å². The summed E-state index contributed by atoms with van der Waals surface area (Å²) in [6, 6.07) is 5.83. The van der Waals surface area contributed by atoms with Crippen molar-refractivity contribution in [1.82, 2.24) is 10.2 Å². The number of carbonyl (C=O) groups is 1. The number of ether oxygens (including phenoxy) is 1. The lowest BCUT2D eigenvalue weighted by atomic mass is 10.2. The molecule has 0 aliphatic rings. The third-order valence-corrected chi connectivity index (χ3v) is 2.11. The molecule has 18 heavy (non-hydrogen) atoms. The lowest BCUT2D eigenvalue weighted by Crippen LogP contribution is -2.00. The monoisotopic (exact) mass is 249 g/mol. The van der Waals surface area contributed by atoms with Crippen molar-refractivity contribution in [2.24, 2.45) is 0 Å². The number of H-pyrrole nitrogens is 1. The molecule has 1 heterocycles. The zero-order valence-corrected chi connectivity index (χ0v) is 8.86. The van der Waals surface area contributed by atoms with Gasteiger partial charge in [0.1, 0.15) is 17.5 Å². The van der Waals surface area contributed by atoms with Crippen LogP contribution in [0, 0.1) is 10.1 Å². The Morgan fingerprint density at radius 2 is 2.11 bits per heavy atom. The SMILES string of the molecule is O=C(O)c1ccccc1Oc1cn[nH]c1[N+](=O)[O-]. The topological polar surface area (TPSA) is 118 Å². The smallest absolute Gasteiger partial charge is 0.385 e. The van der Waals surface area contributed by atoms with Gasteiger partial charge in [0.05, 0.1) is 0 Å². The molecule has 8 nitrogen and oxygen atoms in total. The Hall–Kier alpha value is -2.90. The third-order valence-electron chi connectivity index (χ3n) is 2.11. The Kier molecular flexibility index (Phi) is 2.92. The summed E-state index contributed by atoms with van der Waals surface area (Å²) in [5.41, 5.74) is -0.0898. The lowest BCUT2D eigenvalue weighted by Gasteiger charge is -2.05. The van der Waals surface area contributed by atoms with Crippen LogP contribution < -0.4 is 4.74 Å². The lowest BCUT2D eigenvalue weighted by molar-refractivity contribution is -0.390. The molecule has 0 aliphatic carbocycles. The van der Waals surface area contributed by atoms with Gasteiger partial charge in [-0.05, 0) is 17.1 Å². The summed E-state index contributed by atoms with van der Waals surface area (Å²) in [6.45, 7) is 0. The Morgan fingerprint density at radius 1 is 1.39 bits per heavy atom. The van der Waals surface area contributed by atoms with Crippen LogP contribution in [0.5, 0.6) is 11.5 Å². The summed E-state index contributed by atoms with van der Waals surface area (Å²) >= 11 is 0. The fourth-order valence-corrected chi connectivity index (χ4v) is 1.32. The second-order valence-electron chi connectivity index (χ2n) is 3.24. The van der Waals surface area contributed by atoms with E-state index < -0.39 is 16.7 Å². The van der Waals surface area contributed by atoms with Crippen molar-refractivity contribution >= 4 is 11.8 Å². The van der Waals surface area contributed by atoms with Gasteiger partial charge in [-0.15, -0.1) is 5.10 Å². The summed E-state index contributed by atoms with van der Waals surface area (Å²) in [5, 5.41) is 25.2. The number of carboxylic acids is 1. The van der Waals surface area contributed by atoms with E-state index in [1.807, 2.05) is 0 Å². The molecule has 0 spiro atoms. The molecule has 0 fully saturated rings. The van der Waals surface area contributed by atoms with Crippen molar-refractivity contribution in [2.75, 3.05) is 0 Å². The number of nitrogens with zero attached hydrogens (tertiary/aromatic N) is 2. The second-order valence-corrected chi connectivity index (χ2v) is 3.24. The molecule has 0 bridgehead atoms. The first kappa shape index (κ1) is 11.6. The van der Waals surface area contributed by atoms with E-state index in [0.717, 1.165) is 6.20 Å². The number of rotatable bonds is 4. The van der Waals surface area contributed by atoms with Gasteiger partial charge in [-0.2, -0.15) is 0 Å². The average Bonchev–Trinajstić information content (AvgIpc) is 2.77. The van der Waals surface area contributed by atoms with Crippen molar-refractivity contribution in [3.8, 4) is 11.5 Å². The molecule has 0 atom stereocenters. The van der Waals surface area contributed by atoms with E-state index in [1.54, 1.807) is 6.07 Å². The Labute approximate surface area is 100.0 Å². The molecule has 2 aromatic rings. The standard InChI is InChI=1S/C10H7N3O5/c14-10(15)6-3-1-2-4-7(6)18-8-5-11-12-9(8)13(16)17/h1-5H,(H,11,12)(H,14,15). The average molecular weight is 249 g/mol. The van der Waals surface area contributed by atoms with Gasteiger partial charge in [-0.3, -0.25) is 0 Å². The van der Waals surface area contributed by atoms with Crippen molar-refractivity contribution in [2.45, 2.75) is 0 Å². The van der Waals surface area contributed by atoms with Crippen LogP contribution in [0.15, 0.2) is 30.5 Å². The molecular weight excluding hydrogens is 242 g/mol. The molecule has 1 aromatic heterocycles. The normalized spacial score (nSPS) is 10.0. The zero-order valence-electron chi connectivity index (χ0n) is 8.86. The quantitative estimate of drug-likeness (QED) is 0.630. The number of benzene rings is 1. The number of hydrogen-bond donors (Lipinski definition) is 2. The van der Waals surface area contributed by atoms with Crippen LogP contribution in [0.25, 0.3) is 0 Å². The molecule has 8 heteroatoms. The number of aromatic carboxylic acids is 1. The molecular formula is C10H7N3O5. The maximum Gasteiger partial charge on any atom is 0.385 e. The number of hydrogen-bond acceptors (Lipinski definition) is 5. The van der Waals surface area contributed by atoms with Crippen LogP contribution >= 0.6 is 0 Å². The van der Waals surface area contributed by atoms with Crippen LogP contribution in [0.2, 0.25) is 0 Å². The highest BCUT2D eigenvalue weighted by Crippen LogP contribution is 2.30. The first-order valence-electron chi connectivity index (χ1n) is 4.77. The highest BCUT2D eigenvalue weighted by Gasteiger charge is 2.19. The first-order valence-corrected chi connectivity index (χ1v) is 4.77. The Morgan fingerprint density at radius 3 is 2.78 bits per heavy atom. The molecule has 2 rings (SSSR count). The van der Waals surface area contributed by atoms with E-state index in [9.17, 15) is 14.9 Å². The van der Waals surface area contributed by atoms with Crippen LogP contribution in [0.3, 0.4) is 0 Å². The van der Waals surface area contributed by atoms with E-state index in [4.69, 9.17) is 9.84 Å². The molecule has 2 N–H and O–H groups in total. The predicted molar refractivity (Wildman–Crippen MR) is 58.7 cm³/mol. The summed E-state index contributed by atoms with van der Waals surface area (Å²) < 4.78 is 5.19. The zero-order chi connectivity index (χ0) is 13.1. The minimum atomic E-state index is -1.18. The molecule has 0 aliphatic heterocycles. The van der Waals surface area contributed by atoms with E-state index in [2.05, 4.69) is 10.2 Å². The van der Waals surface area contributed by atoms with Crippen LogP contribution in [0.4, 0.5) is 5.82 Å². The van der Waals surface area contributed by atoms with Gasteiger partial charge in [-0.1, -0.05) is 17.2 Å². The summed E-state index contributed by atoms with van der Waals surface area (Å²) in [6.07, 6.45) is 1.11. The third kappa shape index (κ3) is 2.12. The summed E-state index contributed by atoms with van der Waals surface area (Å²) in [7, 11) is 0. The van der Waals surface area contributed by atoms with E-state index >= 15 is 0 Å². The highest BCUT2D eigenvalue weighted by atomic mass is 16.6. The van der Waals surface area contributed by atoms with E-state index in [0.29, 0.717) is 0 Å².